The number of hydrogen-bond acceptors (Lipinski definition) is 3. The Morgan fingerprint density at radius 1 is 1.33 bits per heavy atom. The molecule has 4 nitrogen and oxygen atoms in total. The van der Waals surface area contributed by atoms with Crippen molar-refractivity contribution in [3.05, 3.63) is 0 Å². The fraction of sp³-hybridized carbons (Fsp3) is 0.929. The smallest absolute Gasteiger partial charge is 0.237 e. The molecule has 1 saturated carbocycles. The first kappa shape index (κ1) is 13.8. The van der Waals surface area contributed by atoms with Crippen molar-refractivity contribution in [2.24, 2.45) is 11.8 Å². The fourth-order valence-corrected chi connectivity index (χ4v) is 3.46. The molecule has 2 aliphatic rings. The van der Waals surface area contributed by atoms with Crippen LogP contribution in [0.5, 0.6) is 0 Å². The molecule has 0 aromatic heterocycles. The SMILES string of the molecule is CCN(CC)CCNC(=O)C1NCC2CCCC21. The summed E-state index contributed by atoms with van der Waals surface area (Å²) in [4.78, 5) is 14.5. The number of carbonyl (C=O) groups is 1. The number of hydrogen-bond donors (Lipinski definition) is 2. The van der Waals surface area contributed by atoms with E-state index in [1.807, 2.05) is 0 Å². The normalized spacial score (nSPS) is 30.7. The van der Waals surface area contributed by atoms with Crippen LogP contribution in [-0.2, 0) is 4.79 Å². The molecule has 1 aliphatic heterocycles. The maximum atomic E-state index is 12.2. The molecular formula is C14H27N3O. The monoisotopic (exact) mass is 253 g/mol. The van der Waals surface area contributed by atoms with Crippen molar-refractivity contribution in [2.45, 2.75) is 39.2 Å². The van der Waals surface area contributed by atoms with Crippen LogP contribution in [0.15, 0.2) is 0 Å². The van der Waals surface area contributed by atoms with E-state index in [0.29, 0.717) is 5.92 Å². The molecule has 104 valence electrons. The van der Waals surface area contributed by atoms with Crippen molar-refractivity contribution < 1.29 is 4.79 Å². The molecule has 0 radical (unpaired) electrons. The number of nitrogens with one attached hydrogen (secondary N) is 2. The average Bonchev–Trinajstić information content (AvgIpc) is 2.96. The highest BCUT2D eigenvalue weighted by Gasteiger charge is 2.42. The maximum absolute atomic E-state index is 12.2. The Kier molecular flexibility index (Phi) is 5.01. The van der Waals surface area contributed by atoms with E-state index < -0.39 is 0 Å². The lowest BCUT2D eigenvalue weighted by atomic mass is 9.94. The lowest BCUT2D eigenvalue weighted by Crippen LogP contribution is -2.46. The van der Waals surface area contributed by atoms with Crippen LogP contribution in [0.2, 0.25) is 0 Å². The minimum Gasteiger partial charge on any atom is -0.353 e. The van der Waals surface area contributed by atoms with Crippen LogP contribution >= 0.6 is 0 Å². The molecule has 0 spiro atoms. The van der Waals surface area contributed by atoms with Crippen LogP contribution in [0.25, 0.3) is 0 Å². The lowest BCUT2D eigenvalue weighted by molar-refractivity contribution is -0.123. The summed E-state index contributed by atoms with van der Waals surface area (Å²) in [6, 6.07) is 0.0780. The number of nitrogens with zero attached hydrogens (tertiary/aromatic N) is 1. The second kappa shape index (κ2) is 6.53. The predicted molar refractivity (Wildman–Crippen MR) is 73.4 cm³/mol. The molecule has 0 bridgehead atoms. The van der Waals surface area contributed by atoms with E-state index in [2.05, 4.69) is 29.4 Å². The Morgan fingerprint density at radius 2 is 2.11 bits per heavy atom. The molecule has 3 atom stereocenters. The first-order valence-corrected chi connectivity index (χ1v) is 7.49. The minimum absolute atomic E-state index is 0.0780. The van der Waals surface area contributed by atoms with Gasteiger partial charge in [0.1, 0.15) is 0 Å². The van der Waals surface area contributed by atoms with Gasteiger partial charge in [0.2, 0.25) is 5.91 Å². The van der Waals surface area contributed by atoms with Crippen molar-refractivity contribution in [3.8, 4) is 0 Å². The molecule has 1 saturated heterocycles. The molecule has 1 amide bonds. The summed E-state index contributed by atoms with van der Waals surface area (Å²) < 4.78 is 0. The van der Waals surface area contributed by atoms with E-state index >= 15 is 0 Å². The molecule has 18 heavy (non-hydrogen) atoms. The molecule has 0 aromatic carbocycles. The Morgan fingerprint density at radius 3 is 2.83 bits per heavy atom. The van der Waals surface area contributed by atoms with E-state index in [1.54, 1.807) is 0 Å². The Bertz CT molecular complexity index is 278. The molecule has 2 N–H and O–H groups in total. The Hall–Kier alpha value is -0.610. The van der Waals surface area contributed by atoms with E-state index in [9.17, 15) is 4.79 Å². The van der Waals surface area contributed by atoms with Crippen molar-refractivity contribution in [1.29, 1.82) is 0 Å². The predicted octanol–water partition coefficient (Wildman–Crippen LogP) is 0.833. The number of fused-ring (bicyclic) bond motifs is 1. The number of carbonyl (C=O) groups excluding carboxylic acids is 1. The first-order valence-electron chi connectivity index (χ1n) is 7.49. The molecule has 2 rings (SSSR count). The van der Waals surface area contributed by atoms with Gasteiger partial charge in [-0.25, -0.2) is 0 Å². The van der Waals surface area contributed by atoms with Crippen molar-refractivity contribution in [3.63, 3.8) is 0 Å². The third-order valence-electron chi connectivity index (χ3n) is 4.65. The topological polar surface area (TPSA) is 44.4 Å². The summed E-state index contributed by atoms with van der Waals surface area (Å²) in [6.07, 6.45) is 3.84. The third-order valence-corrected chi connectivity index (χ3v) is 4.65. The van der Waals surface area contributed by atoms with Gasteiger partial charge in [-0.3, -0.25) is 4.79 Å². The van der Waals surface area contributed by atoms with Crippen LogP contribution < -0.4 is 10.6 Å². The zero-order valence-electron chi connectivity index (χ0n) is 11.7. The molecule has 2 fully saturated rings. The van der Waals surface area contributed by atoms with E-state index in [-0.39, 0.29) is 11.9 Å². The highest BCUT2D eigenvalue weighted by Crippen LogP contribution is 2.37. The van der Waals surface area contributed by atoms with Crippen LogP contribution in [-0.4, -0.2) is 49.6 Å². The van der Waals surface area contributed by atoms with E-state index in [0.717, 1.165) is 38.6 Å². The summed E-state index contributed by atoms with van der Waals surface area (Å²) in [6.45, 7) is 9.20. The minimum atomic E-state index is 0.0780. The molecular weight excluding hydrogens is 226 g/mol. The van der Waals surface area contributed by atoms with Gasteiger partial charge in [-0.1, -0.05) is 20.3 Å². The summed E-state index contributed by atoms with van der Waals surface area (Å²) in [5.74, 6) is 1.57. The van der Waals surface area contributed by atoms with Crippen molar-refractivity contribution >= 4 is 5.91 Å². The summed E-state index contributed by atoms with van der Waals surface area (Å²) >= 11 is 0. The number of amides is 1. The highest BCUT2D eigenvalue weighted by atomic mass is 16.2. The second-order valence-electron chi connectivity index (χ2n) is 5.56. The quantitative estimate of drug-likeness (QED) is 0.737. The van der Waals surface area contributed by atoms with Crippen LogP contribution in [0.1, 0.15) is 33.1 Å². The van der Waals surface area contributed by atoms with Gasteiger partial charge in [-0.05, 0) is 44.3 Å². The number of rotatable bonds is 6. The Balaban J connectivity index is 1.71. The van der Waals surface area contributed by atoms with Crippen LogP contribution in [0.4, 0.5) is 0 Å². The third kappa shape index (κ3) is 3.04. The Labute approximate surface area is 110 Å². The van der Waals surface area contributed by atoms with Gasteiger partial charge >= 0.3 is 0 Å². The highest BCUT2D eigenvalue weighted by molar-refractivity contribution is 5.82. The number of likely N-dealkylation sites (N-methyl/N-ethyl adjacent to an activating group) is 1. The fourth-order valence-electron chi connectivity index (χ4n) is 3.46. The van der Waals surface area contributed by atoms with Crippen LogP contribution in [0, 0.1) is 11.8 Å². The van der Waals surface area contributed by atoms with Crippen molar-refractivity contribution in [1.82, 2.24) is 15.5 Å². The summed E-state index contributed by atoms with van der Waals surface area (Å²) in [5.41, 5.74) is 0. The van der Waals surface area contributed by atoms with E-state index in [1.165, 1.54) is 19.3 Å². The first-order chi connectivity index (χ1) is 8.76. The second-order valence-corrected chi connectivity index (χ2v) is 5.56. The summed E-state index contributed by atoms with van der Waals surface area (Å²) in [5, 5.41) is 6.49. The largest absolute Gasteiger partial charge is 0.353 e. The van der Waals surface area contributed by atoms with Gasteiger partial charge in [0.25, 0.3) is 0 Å². The van der Waals surface area contributed by atoms with Gasteiger partial charge in [0.15, 0.2) is 0 Å². The van der Waals surface area contributed by atoms with E-state index in [4.69, 9.17) is 0 Å². The van der Waals surface area contributed by atoms with Gasteiger partial charge in [0, 0.05) is 13.1 Å². The maximum Gasteiger partial charge on any atom is 0.237 e. The zero-order valence-corrected chi connectivity index (χ0v) is 11.7. The standard InChI is InChI=1S/C14H27N3O/c1-3-17(4-2)9-8-15-14(18)13-12-7-5-6-11(12)10-16-13/h11-13,16H,3-10H2,1-2H3,(H,15,18). The molecule has 4 heteroatoms. The molecule has 1 aliphatic carbocycles. The molecule has 1 heterocycles. The lowest BCUT2D eigenvalue weighted by Gasteiger charge is -2.21. The zero-order chi connectivity index (χ0) is 13.0. The van der Waals surface area contributed by atoms with Gasteiger partial charge in [-0.2, -0.15) is 0 Å². The van der Waals surface area contributed by atoms with Crippen LogP contribution in [0.3, 0.4) is 0 Å². The van der Waals surface area contributed by atoms with Gasteiger partial charge in [-0.15, -0.1) is 0 Å². The van der Waals surface area contributed by atoms with Gasteiger partial charge in [0.05, 0.1) is 6.04 Å². The average molecular weight is 253 g/mol. The summed E-state index contributed by atoms with van der Waals surface area (Å²) in [7, 11) is 0. The van der Waals surface area contributed by atoms with Crippen molar-refractivity contribution in [2.75, 3.05) is 32.7 Å². The van der Waals surface area contributed by atoms with Gasteiger partial charge < -0.3 is 15.5 Å². The molecule has 0 aromatic rings. The molecule has 3 unspecified atom stereocenters.